The molecule has 0 N–H and O–H groups in total. The number of hydrogen-bond donors (Lipinski definition) is 0. The van der Waals surface area contributed by atoms with E-state index in [1.165, 1.54) is 0 Å². The van der Waals surface area contributed by atoms with E-state index < -0.39 is 46.8 Å². The molecule has 0 aliphatic carbocycles. The summed E-state index contributed by atoms with van der Waals surface area (Å²) in [7, 11) is 0. The van der Waals surface area contributed by atoms with E-state index in [-0.39, 0.29) is 23.7 Å². The van der Waals surface area contributed by atoms with Gasteiger partial charge in [-0.25, -0.2) is 9.59 Å². The van der Waals surface area contributed by atoms with Crippen LogP contribution in [0.2, 0.25) is 0 Å². The van der Waals surface area contributed by atoms with Gasteiger partial charge >= 0.3 is 11.9 Å². The summed E-state index contributed by atoms with van der Waals surface area (Å²) < 4.78 is 30.2. The summed E-state index contributed by atoms with van der Waals surface area (Å²) in [6, 6.07) is 17.8. The topological polar surface area (TPSA) is 80.3 Å². The average Bonchev–Trinajstić information content (AvgIpc) is 2.91. The lowest BCUT2D eigenvalue weighted by molar-refractivity contribution is -0.329. The van der Waals surface area contributed by atoms with Gasteiger partial charge in [0.15, 0.2) is 22.6 Å². The number of benzene rings is 2. The Bertz CT molecular complexity index is 970. The summed E-state index contributed by atoms with van der Waals surface area (Å²) in [6.45, 7) is 8.04. The van der Waals surface area contributed by atoms with E-state index in [1.807, 2.05) is 39.8 Å². The maximum atomic E-state index is 12.6. The number of halogens is 2. The zero-order valence-corrected chi connectivity index (χ0v) is 24.3. The molecular formula is C28H32Br2O7. The molecule has 2 heterocycles. The van der Waals surface area contributed by atoms with Crippen molar-refractivity contribution in [2.24, 2.45) is 23.7 Å². The van der Waals surface area contributed by atoms with Gasteiger partial charge in [0, 0.05) is 23.7 Å². The van der Waals surface area contributed by atoms with Crippen molar-refractivity contribution in [3.05, 3.63) is 71.8 Å². The maximum Gasteiger partial charge on any atom is 0.338 e. The number of hydrogen-bond acceptors (Lipinski definition) is 7. The zero-order chi connectivity index (χ0) is 26.7. The van der Waals surface area contributed by atoms with Crippen molar-refractivity contribution in [1.82, 2.24) is 0 Å². The third-order valence-electron chi connectivity index (χ3n) is 7.37. The summed E-state index contributed by atoms with van der Waals surface area (Å²) >= 11 is 7.08. The van der Waals surface area contributed by atoms with E-state index in [2.05, 4.69) is 31.9 Å². The molecule has 0 saturated carbocycles. The molecule has 10 atom stereocenters. The number of rotatable bonds is 6. The van der Waals surface area contributed by atoms with Crippen molar-refractivity contribution in [1.29, 1.82) is 0 Å². The van der Waals surface area contributed by atoms with Gasteiger partial charge in [0.25, 0.3) is 0 Å². The van der Waals surface area contributed by atoms with Crippen LogP contribution in [0.3, 0.4) is 0 Å². The second kappa shape index (κ2) is 12.4. The summed E-state index contributed by atoms with van der Waals surface area (Å²) in [5.74, 6) is -1.06. The van der Waals surface area contributed by atoms with Crippen LogP contribution in [-0.4, -0.2) is 46.8 Å². The van der Waals surface area contributed by atoms with Crippen LogP contribution in [0.5, 0.6) is 0 Å². The first-order valence-electron chi connectivity index (χ1n) is 12.4. The Kier molecular flexibility index (Phi) is 9.45. The standard InChI is InChI=1S/C28H32Br2O7/c1-15-17(3)27(35-23(29)21(15)33-25(31)19-11-7-5-8-12-19)37-28-18(4)16(2)22(24(30)36-28)34-26(32)20-13-9-6-10-14-20/h5-18,21-24,27-28H,1-4H3/t15-,16+,17?,18?,21+,22-,23?,24?,27+,28-. The van der Waals surface area contributed by atoms with Crippen LogP contribution >= 0.6 is 31.9 Å². The third kappa shape index (κ3) is 6.45. The van der Waals surface area contributed by atoms with E-state index in [0.29, 0.717) is 11.1 Å². The normalized spacial score (nSPS) is 35.9. The molecule has 0 bridgehead atoms. The molecule has 4 unspecified atom stereocenters. The number of carbonyl (C=O) groups excluding carboxylic acids is 2. The summed E-state index contributed by atoms with van der Waals surface area (Å²) in [5, 5.41) is -1.10. The first-order valence-corrected chi connectivity index (χ1v) is 14.3. The Hall–Kier alpha value is -1.78. The van der Waals surface area contributed by atoms with Gasteiger partial charge in [0.05, 0.1) is 11.1 Å². The second-order valence-corrected chi connectivity index (χ2v) is 11.6. The van der Waals surface area contributed by atoms with E-state index in [9.17, 15) is 9.59 Å². The van der Waals surface area contributed by atoms with Crippen molar-refractivity contribution in [3.8, 4) is 0 Å². The van der Waals surface area contributed by atoms with E-state index >= 15 is 0 Å². The van der Waals surface area contributed by atoms with E-state index in [0.717, 1.165) is 0 Å². The van der Waals surface area contributed by atoms with Crippen LogP contribution in [0.15, 0.2) is 60.7 Å². The molecule has 200 valence electrons. The van der Waals surface area contributed by atoms with Crippen LogP contribution in [0.4, 0.5) is 0 Å². The maximum absolute atomic E-state index is 12.6. The molecule has 2 fully saturated rings. The number of esters is 2. The molecule has 2 aromatic rings. The fourth-order valence-electron chi connectivity index (χ4n) is 4.53. The molecule has 2 saturated heterocycles. The first-order chi connectivity index (χ1) is 17.7. The van der Waals surface area contributed by atoms with Gasteiger partial charge < -0.3 is 23.7 Å². The summed E-state index contributed by atoms with van der Waals surface area (Å²) in [6.07, 6.45) is -2.16. The minimum absolute atomic E-state index is 0.0496. The minimum atomic E-state index is -0.589. The lowest BCUT2D eigenvalue weighted by Crippen LogP contribution is -2.54. The first kappa shape index (κ1) is 28.2. The Morgan fingerprint density at radius 3 is 1.32 bits per heavy atom. The van der Waals surface area contributed by atoms with Crippen LogP contribution in [0, 0.1) is 23.7 Å². The highest BCUT2D eigenvalue weighted by Crippen LogP contribution is 2.41. The van der Waals surface area contributed by atoms with Gasteiger partial charge in [0.2, 0.25) is 0 Å². The average molecular weight is 640 g/mol. The Morgan fingerprint density at radius 2 is 0.973 bits per heavy atom. The second-order valence-electron chi connectivity index (χ2n) is 9.76. The lowest BCUT2D eigenvalue weighted by atomic mass is 9.86. The molecule has 0 radical (unpaired) electrons. The molecule has 2 aliphatic heterocycles. The molecule has 0 spiro atoms. The minimum Gasteiger partial charge on any atom is -0.455 e. The number of carbonyl (C=O) groups is 2. The predicted octanol–water partition coefficient (Wildman–Crippen LogP) is 6.15. The van der Waals surface area contributed by atoms with E-state index in [4.69, 9.17) is 23.7 Å². The van der Waals surface area contributed by atoms with Crippen LogP contribution in [0.1, 0.15) is 48.4 Å². The van der Waals surface area contributed by atoms with Crippen molar-refractivity contribution >= 4 is 43.8 Å². The van der Waals surface area contributed by atoms with E-state index in [1.54, 1.807) is 48.5 Å². The van der Waals surface area contributed by atoms with Gasteiger partial charge in [-0.2, -0.15) is 0 Å². The van der Waals surface area contributed by atoms with Crippen molar-refractivity contribution < 1.29 is 33.3 Å². The highest BCUT2D eigenvalue weighted by atomic mass is 79.9. The highest BCUT2D eigenvalue weighted by Gasteiger charge is 2.48. The number of ether oxygens (including phenoxy) is 5. The quantitative estimate of drug-likeness (QED) is 0.277. The lowest BCUT2D eigenvalue weighted by Gasteiger charge is -2.46. The SMILES string of the molecule is CC1[C@H](O[C@H]2OC(Br)[C@H](OC(=O)c3ccccc3)[C@@H](C)C2C)OC(Br)[C@@H](OC(=O)c2ccccc2)[C@@H]1C. The molecule has 2 aliphatic rings. The molecule has 7 nitrogen and oxygen atoms in total. The fraction of sp³-hybridized carbons (Fsp3) is 0.500. The monoisotopic (exact) mass is 638 g/mol. The largest absolute Gasteiger partial charge is 0.455 e. The van der Waals surface area contributed by atoms with Crippen LogP contribution < -0.4 is 0 Å². The Morgan fingerprint density at radius 1 is 0.622 bits per heavy atom. The summed E-state index contributed by atoms with van der Waals surface area (Å²) in [4.78, 5) is 25.3. The molecule has 2 aromatic carbocycles. The molecule has 9 heteroatoms. The van der Waals surface area contributed by atoms with Crippen LogP contribution in [0.25, 0.3) is 0 Å². The molecule has 4 rings (SSSR count). The number of alkyl halides is 2. The fourth-order valence-corrected chi connectivity index (χ4v) is 6.13. The zero-order valence-electron chi connectivity index (χ0n) is 21.2. The Balaban J connectivity index is 1.36. The van der Waals surface area contributed by atoms with Crippen molar-refractivity contribution in [3.63, 3.8) is 0 Å². The smallest absolute Gasteiger partial charge is 0.338 e. The van der Waals surface area contributed by atoms with Crippen molar-refractivity contribution in [2.75, 3.05) is 0 Å². The van der Waals surface area contributed by atoms with Gasteiger partial charge in [-0.3, -0.25) is 0 Å². The molecular weight excluding hydrogens is 608 g/mol. The van der Waals surface area contributed by atoms with Gasteiger partial charge in [-0.05, 0) is 24.3 Å². The van der Waals surface area contributed by atoms with Crippen molar-refractivity contribution in [2.45, 2.75) is 62.5 Å². The van der Waals surface area contributed by atoms with Gasteiger partial charge in [-0.15, -0.1) is 0 Å². The Labute approximate surface area is 234 Å². The molecule has 0 amide bonds. The molecule has 37 heavy (non-hydrogen) atoms. The summed E-state index contributed by atoms with van der Waals surface area (Å²) in [5.41, 5.74) is 0.981. The molecule has 0 aromatic heterocycles. The third-order valence-corrected chi connectivity index (χ3v) is 8.85. The highest BCUT2D eigenvalue weighted by molar-refractivity contribution is 9.09. The van der Waals surface area contributed by atoms with Gasteiger partial charge in [0.1, 0.15) is 12.2 Å². The van der Waals surface area contributed by atoms with Crippen LogP contribution in [-0.2, 0) is 23.7 Å². The predicted molar refractivity (Wildman–Crippen MR) is 144 cm³/mol. The van der Waals surface area contributed by atoms with Gasteiger partial charge in [-0.1, -0.05) is 96.0 Å².